The van der Waals surface area contributed by atoms with Gasteiger partial charge in [-0.1, -0.05) is 17.7 Å². The molecule has 0 unspecified atom stereocenters. The van der Waals surface area contributed by atoms with Crippen molar-refractivity contribution in [3.05, 3.63) is 53.6 Å². The van der Waals surface area contributed by atoms with E-state index in [4.69, 9.17) is 9.47 Å². The quantitative estimate of drug-likeness (QED) is 0.674. The number of rotatable bonds is 8. The molecule has 1 saturated heterocycles. The molecule has 8 heteroatoms. The molecular weight excluding hydrogens is 416 g/mol. The molecule has 0 radical (unpaired) electrons. The van der Waals surface area contributed by atoms with Crippen LogP contribution >= 0.6 is 0 Å². The lowest BCUT2D eigenvalue weighted by atomic mass is 10.1. The van der Waals surface area contributed by atoms with Crippen LogP contribution in [0, 0.1) is 13.8 Å². The average Bonchev–Trinajstić information content (AvgIpc) is 2.74. The third-order valence-corrected chi connectivity index (χ3v) is 7.19. The van der Waals surface area contributed by atoms with Gasteiger partial charge in [-0.25, -0.2) is 8.42 Å². The normalized spacial score (nSPS) is 15.5. The highest BCUT2D eigenvalue weighted by molar-refractivity contribution is 7.89. The molecule has 0 bridgehead atoms. The molecule has 1 aliphatic rings. The van der Waals surface area contributed by atoms with Gasteiger partial charge in [-0.2, -0.15) is 4.31 Å². The van der Waals surface area contributed by atoms with E-state index < -0.39 is 10.0 Å². The van der Waals surface area contributed by atoms with Gasteiger partial charge < -0.3 is 14.8 Å². The molecule has 168 valence electrons. The first-order valence-corrected chi connectivity index (χ1v) is 12.0. The first-order chi connectivity index (χ1) is 14.8. The number of hydrogen-bond donors (Lipinski definition) is 1. The Labute approximate surface area is 184 Å². The molecule has 1 heterocycles. The molecule has 31 heavy (non-hydrogen) atoms. The smallest absolute Gasteiger partial charge is 0.258 e. The van der Waals surface area contributed by atoms with Gasteiger partial charge in [0.15, 0.2) is 6.61 Å². The fraction of sp³-hybridized carbons (Fsp3) is 0.435. The Kier molecular flexibility index (Phi) is 7.56. The highest BCUT2D eigenvalue weighted by Gasteiger charge is 2.30. The molecule has 0 spiro atoms. The van der Waals surface area contributed by atoms with Crippen LogP contribution in [0.1, 0.15) is 30.9 Å². The molecule has 0 atom stereocenters. The van der Waals surface area contributed by atoms with Crippen molar-refractivity contribution in [3.8, 4) is 11.5 Å². The predicted molar refractivity (Wildman–Crippen MR) is 119 cm³/mol. The Balaban J connectivity index is 1.48. The molecule has 1 aliphatic heterocycles. The first-order valence-electron chi connectivity index (χ1n) is 10.5. The van der Waals surface area contributed by atoms with E-state index in [1.54, 1.807) is 24.3 Å². The Bertz CT molecular complexity index is 997. The summed E-state index contributed by atoms with van der Waals surface area (Å²) in [4.78, 5) is 12.5. The Morgan fingerprint density at radius 3 is 2.35 bits per heavy atom. The van der Waals surface area contributed by atoms with E-state index in [1.807, 2.05) is 39.0 Å². The Hall–Kier alpha value is -2.58. The van der Waals surface area contributed by atoms with Crippen LogP contribution < -0.4 is 14.8 Å². The van der Waals surface area contributed by atoms with Gasteiger partial charge in [-0.3, -0.25) is 4.79 Å². The molecule has 7 nitrogen and oxygen atoms in total. The minimum absolute atomic E-state index is 0.0609. The van der Waals surface area contributed by atoms with Crippen molar-refractivity contribution in [2.24, 2.45) is 0 Å². The minimum Gasteiger partial charge on any atom is -0.494 e. The van der Waals surface area contributed by atoms with Crippen LogP contribution in [0.2, 0.25) is 0 Å². The molecule has 0 aromatic heterocycles. The van der Waals surface area contributed by atoms with Crippen molar-refractivity contribution in [1.82, 2.24) is 9.62 Å². The topological polar surface area (TPSA) is 84.9 Å². The lowest BCUT2D eigenvalue weighted by Crippen LogP contribution is -2.47. The zero-order valence-electron chi connectivity index (χ0n) is 18.3. The van der Waals surface area contributed by atoms with Crippen LogP contribution in [0.25, 0.3) is 0 Å². The summed E-state index contributed by atoms with van der Waals surface area (Å²) in [5, 5.41) is 2.95. The highest BCUT2D eigenvalue weighted by Crippen LogP contribution is 2.23. The number of amides is 1. The van der Waals surface area contributed by atoms with E-state index in [2.05, 4.69) is 5.32 Å². The van der Waals surface area contributed by atoms with Gasteiger partial charge in [0.2, 0.25) is 10.0 Å². The lowest BCUT2D eigenvalue weighted by molar-refractivity contribution is -0.124. The van der Waals surface area contributed by atoms with E-state index >= 15 is 0 Å². The van der Waals surface area contributed by atoms with Gasteiger partial charge in [0.25, 0.3) is 5.91 Å². The summed E-state index contributed by atoms with van der Waals surface area (Å²) in [5.74, 6) is 1.13. The molecular formula is C23H30N2O5S. The van der Waals surface area contributed by atoms with Crippen molar-refractivity contribution in [2.75, 3.05) is 26.3 Å². The van der Waals surface area contributed by atoms with Crippen molar-refractivity contribution in [1.29, 1.82) is 0 Å². The number of piperidine rings is 1. The van der Waals surface area contributed by atoms with Gasteiger partial charge in [0.05, 0.1) is 11.5 Å². The van der Waals surface area contributed by atoms with E-state index in [1.165, 1.54) is 4.31 Å². The van der Waals surface area contributed by atoms with Gasteiger partial charge in [-0.15, -0.1) is 0 Å². The van der Waals surface area contributed by atoms with Crippen LogP contribution in [-0.4, -0.2) is 51.0 Å². The summed E-state index contributed by atoms with van der Waals surface area (Å²) in [5.41, 5.74) is 2.13. The Morgan fingerprint density at radius 2 is 1.74 bits per heavy atom. The number of ether oxygens (including phenoxy) is 2. The van der Waals surface area contributed by atoms with Crippen molar-refractivity contribution in [2.45, 2.75) is 44.6 Å². The number of carbonyl (C=O) groups is 1. The molecule has 2 aromatic rings. The van der Waals surface area contributed by atoms with Gasteiger partial charge in [0, 0.05) is 19.1 Å². The number of aryl methyl sites for hydroxylation is 2. The molecule has 1 amide bonds. The van der Waals surface area contributed by atoms with E-state index in [9.17, 15) is 13.2 Å². The fourth-order valence-electron chi connectivity index (χ4n) is 3.64. The molecule has 1 N–H and O–H groups in total. The number of nitrogens with one attached hydrogen (secondary N) is 1. The molecule has 0 aliphatic carbocycles. The Morgan fingerprint density at radius 1 is 1.06 bits per heavy atom. The van der Waals surface area contributed by atoms with Crippen LogP contribution in [0.5, 0.6) is 11.5 Å². The predicted octanol–water partition coefficient (Wildman–Crippen LogP) is 3.05. The number of nitrogens with zero attached hydrogens (tertiary/aromatic N) is 1. The molecule has 1 fully saturated rings. The van der Waals surface area contributed by atoms with Gasteiger partial charge >= 0.3 is 0 Å². The van der Waals surface area contributed by atoms with Crippen molar-refractivity contribution < 1.29 is 22.7 Å². The summed E-state index contributed by atoms with van der Waals surface area (Å²) < 4.78 is 38.2. The zero-order valence-corrected chi connectivity index (χ0v) is 19.1. The summed E-state index contributed by atoms with van der Waals surface area (Å²) >= 11 is 0. The standard InChI is InChI=1S/C23H30N2O5S/c1-4-29-20-6-8-21(9-7-20)31(27,28)25-13-11-19(12-14-25)24-23(26)16-30-22-10-5-17(2)15-18(22)3/h5-10,15,19H,4,11-14,16H2,1-3H3,(H,24,26). The first kappa shape index (κ1) is 23.1. The van der Waals surface area contributed by atoms with Crippen LogP contribution in [0.4, 0.5) is 0 Å². The maximum absolute atomic E-state index is 12.9. The number of benzene rings is 2. The summed E-state index contributed by atoms with van der Waals surface area (Å²) in [6.45, 7) is 7.02. The third-order valence-electron chi connectivity index (χ3n) is 5.28. The second-order valence-corrected chi connectivity index (χ2v) is 9.65. The summed E-state index contributed by atoms with van der Waals surface area (Å²) in [6.07, 6.45) is 1.12. The highest BCUT2D eigenvalue weighted by atomic mass is 32.2. The minimum atomic E-state index is -3.56. The van der Waals surface area contributed by atoms with E-state index in [-0.39, 0.29) is 23.5 Å². The second-order valence-electron chi connectivity index (χ2n) is 7.71. The van der Waals surface area contributed by atoms with E-state index in [0.717, 1.165) is 11.1 Å². The SMILES string of the molecule is CCOc1ccc(S(=O)(=O)N2CCC(NC(=O)COc3ccc(C)cc3C)CC2)cc1. The van der Waals surface area contributed by atoms with Crippen LogP contribution in [0.15, 0.2) is 47.4 Å². The average molecular weight is 447 g/mol. The number of hydrogen-bond acceptors (Lipinski definition) is 5. The maximum Gasteiger partial charge on any atom is 0.258 e. The fourth-order valence-corrected chi connectivity index (χ4v) is 5.11. The largest absolute Gasteiger partial charge is 0.494 e. The monoisotopic (exact) mass is 446 g/mol. The number of carbonyl (C=O) groups excluding carboxylic acids is 1. The van der Waals surface area contributed by atoms with Crippen molar-refractivity contribution in [3.63, 3.8) is 0 Å². The molecule has 0 saturated carbocycles. The lowest BCUT2D eigenvalue weighted by Gasteiger charge is -2.31. The van der Waals surface area contributed by atoms with Crippen molar-refractivity contribution >= 4 is 15.9 Å². The van der Waals surface area contributed by atoms with Gasteiger partial charge in [0.1, 0.15) is 11.5 Å². The maximum atomic E-state index is 12.9. The zero-order chi connectivity index (χ0) is 22.4. The van der Waals surface area contributed by atoms with Crippen LogP contribution in [0.3, 0.4) is 0 Å². The van der Waals surface area contributed by atoms with Gasteiger partial charge in [-0.05, 0) is 69.5 Å². The molecule has 2 aromatic carbocycles. The summed E-state index contributed by atoms with van der Waals surface area (Å²) in [7, 11) is -3.56. The van der Waals surface area contributed by atoms with Crippen LogP contribution in [-0.2, 0) is 14.8 Å². The van der Waals surface area contributed by atoms with E-state index in [0.29, 0.717) is 44.0 Å². The second kappa shape index (κ2) is 10.2. The molecule has 3 rings (SSSR count). The number of sulfonamides is 1. The summed E-state index contributed by atoms with van der Waals surface area (Å²) in [6, 6.07) is 12.2. The third kappa shape index (κ3) is 5.98.